The lowest BCUT2D eigenvalue weighted by Crippen LogP contribution is -2.40. The largest absolute Gasteiger partial charge is 0.504 e. The quantitative estimate of drug-likeness (QED) is 0.197. The summed E-state index contributed by atoms with van der Waals surface area (Å²) in [6.45, 7) is 8.13. The van der Waals surface area contributed by atoms with Crippen LogP contribution in [-0.4, -0.2) is 56.3 Å². The number of ether oxygens (including phenoxy) is 5. The predicted molar refractivity (Wildman–Crippen MR) is 155 cm³/mol. The lowest BCUT2D eigenvalue weighted by atomic mass is 9.95. The molecule has 1 aromatic heterocycles. The van der Waals surface area contributed by atoms with Crippen LogP contribution >= 0.6 is 11.3 Å². The molecule has 3 aromatic rings. The summed E-state index contributed by atoms with van der Waals surface area (Å²) in [6.07, 6.45) is 3.32. The van der Waals surface area contributed by atoms with Crippen molar-refractivity contribution in [2.45, 2.75) is 19.9 Å². The van der Waals surface area contributed by atoms with Gasteiger partial charge in [0.25, 0.3) is 5.56 Å². The maximum absolute atomic E-state index is 13.9. The zero-order chi connectivity index (χ0) is 29.5. The average molecular weight is 581 g/mol. The van der Waals surface area contributed by atoms with Gasteiger partial charge in [0.15, 0.2) is 27.8 Å². The van der Waals surface area contributed by atoms with Gasteiger partial charge in [-0.2, -0.15) is 0 Å². The van der Waals surface area contributed by atoms with Gasteiger partial charge in [0.2, 0.25) is 0 Å². The van der Waals surface area contributed by atoms with Crippen molar-refractivity contribution >= 4 is 23.4 Å². The number of thiazole rings is 1. The Labute approximate surface area is 241 Å². The Hall–Kier alpha value is -4.35. The third kappa shape index (κ3) is 6.36. The molecule has 0 aliphatic carbocycles. The Morgan fingerprint density at radius 1 is 1.12 bits per heavy atom. The van der Waals surface area contributed by atoms with Crippen molar-refractivity contribution in [3.8, 4) is 23.0 Å². The second-order valence-corrected chi connectivity index (χ2v) is 9.89. The minimum absolute atomic E-state index is 0.00664. The van der Waals surface area contributed by atoms with Gasteiger partial charge in [0.1, 0.15) is 13.2 Å². The van der Waals surface area contributed by atoms with Crippen LogP contribution in [0.25, 0.3) is 6.08 Å². The molecule has 1 atom stereocenters. The normalized spacial score (nSPS) is 14.7. The summed E-state index contributed by atoms with van der Waals surface area (Å²) in [7, 11) is 3.03. The molecule has 10 nitrogen and oxygen atoms in total. The third-order valence-corrected chi connectivity index (χ3v) is 7.19. The second-order valence-electron chi connectivity index (χ2n) is 8.88. The topological polar surface area (TPSA) is 118 Å². The summed E-state index contributed by atoms with van der Waals surface area (Å²) in [5.41, 5.74) is 1.58. The molecule has 4 rings (SSSR count). The van der Waals surface area contributed by atoms with Gasteiger partial charge in [0.05, 0.1) is 42.2 Å². The summed E-state index contributed by atoms with van der Waals surface area (Å²) >= 11 is 1.19. The smallest absolute Gasteiger partial charge is 0.338 e. The van der Waals surface area contributed by atoms with Crippen molar-refractivity contribution in [2.75, 3.05) is 40.6 Å². The van der Waals surface area contributed by atoms with Crippen molar-refractivity contribution in [3.05, 3.63) is 91.1 Å². The lowest BCUT2D eigenvalue weighted by molar-refractivity contribution is -0.140. The number of fused-ring (bicyclic) bond motifs is 1. The van der Waals surface area contributed by atoms with Crippen LogP contribution in [0.2, 0.25) is 0 Å². The number of carbonyl (C=O) groups is 1. The van der Waals surface area contributed by atoms with E-state index in [4.69, 9.17) is 23.7 Å². The molecule has 2 aromatic carbocycles. The first-order valence-corrected chi connectivity index (χ1v) is 13.7. The van der Waals surface area contributed by atoms with E-state index >= 15 is 0 Å². The highest BCUT2D eigenvalue weighted by Gasteiger charge is 2.34. The zero-order valence-electron chi connectivity index (χ0n) is 23.3. The molecule has 0 saturated carbocycles. The number of aromatic hydroxyl groups is 1. The zero-order valence-corrected chi connectivity index (χ0v) is 24.2. The van der Waals surface area contributed by atoms with Gasteiger partial charge in [0, 0.05) is 7.11 Å². The molecule has 11 heteroatoms. The molecule has 1 N–H and O–H groups in total. The van der Waals surface area contributed by atoms with Crippen LogP contribution in [0.3, 0.4) is 0 Å². The summed E-state index contributed by atoms with van der Waals surface area (Å²) in [6, 6.07) is 9.24. The van der Waals surface area contributed by atoms with Crippen molar-refractivity contribution in [1.82, 2.24) is 4.57 Å². The molecule has 0 amide bonds. The van der Waals surface area contributed by atoms with E-state index in [0.717, 1.165) is 0 Å². The average Bonchev–Trinajstić information content (AvgIpc) is 3.26. The molecule has 1 aliphatic rings. The van der Waals surface area contributed by atoms with Crippen LogP contribution < -0.4 is 29.1 Å². The number of phenolic OH excluding ortho intramolecular Hbond substituents is 1. The Balaban J connectivity index is 1.89. The van der Waals surface area contributed by atoms with Gasteiger partial charge in [-0.25, -0.2) is 9.79 Å². The van der Waals surface area contributed by atoms with E-state index in [-0.39, 0.29) is 36.7 Å². The molecule has 0 fully saturated rings. The highest BCUT2D eigenvalue weighted by molar-refractivity contribution is 7.07. The molecule has 1 unspecified atom stereocenters. The number of nitrogens with zero attached hydrogens (tertiary/aromatic N) is 2. The van der Waals surface area contributed by atoms with E-state index in [2.05, 4.69) is 11.6 Å². The van der Waals surface area contributed by atoms with Crippen LogP contribution in [0.1, 0.15) is 31.0 Å². The standard InChI is InChI=1S/C30H32N2O8S/c1-6-12-39-22-11-9-20(17-24(22)37-5)27-26(29(35)40-14-13-36-4)18(3)31-30-32(27)28(34)25(41-30)16-19-8-10-21(33)23(15-19)38-7-2/h6,8-11,15-17,27,33H,1,7,12-14H2,2-5H3/b25-16-. The number of phenols is 1. The van der Waals surface area contributed by atoms with E-state index < -0.39 is 12.0 Å². The molecule has 0 radical (unpaired) electrons. The SMILES string of the molecule is C=CCOc1ccc(C2C(C(=O)OCCOC)=C(C)N=c3s/c(=C\c4ccc(O)c(OCC)c4)c(=O)n32)cc1OC. The van der Waals surface area contributed by atoms with Gasteiger partial charge in [-0.3, -0.25) is 9.36 Å². The number of carbonyl (C=O) groups excluding carboxylic acids is 1. The van der Waals surface area contributed by atoms with E-state index in [0.29, 0.717) is 50.0 Å². The van der Waals surface area contributed by atoms with Crippen molar-refractivity contribution in [2.24, 2.45) is 4.99 Å². The van der Waals surface area contributed by atoms with Crippen LogP contribution in [0.5, 0.6) is 23.0 Å². The number of esters is 1. The Kier molecular flexibility index (Phi) is 9.64. The van der Waals surface area contributed by atoms with Crippen molar-refractivity contribution in [3.63, 3.8) is 0 Å². The second kappa shape index (κ2) is 13.3. The van der Waals surface area contributed by atoms with Crippen molar-refractivity contribution in [1.29, 1.82) is 0 Å². The van der Waals surface area contributed by atoms with Crippen molar-refractivity contribution < 1.29 is 33.6 Å². The minimum atomic E-state index is -0.843. The fourth-order valence-corrected chi connectivity index (χ4v) is 5.41. The highest BCUT2D eigenvalue weighted by atomic mass is 32.1. The summed E-state index contributed by atoms with van der Waals surface area (Å²) in [5.74, 6) is 0.641. The Morgan fingerprint density at radius 3 is 2.63 bits per heavy atom. The molecule has 41 heavy (non-hydrogen) atoms. The van der Waals surface area contributed by atoms with Gasteiger partial charge < -0.3 is 28.8 Å². The van der Waals surface area contributed by atoms with Crippen LogP contribution in [0.4, 0.5) is 0 Å². The van der Waals surface area contributed by atoms with Gasteiger partial charge in [-0.1, -0.05) is 36.1 Å². The maximum Gasteiger partial charge on any atom is 0.338 e. The summed E-state index contributed by atoms with van der Waals surface area (Å²) in [5, 5.41) is 10.1. The fourth-order valence-electron chi connectivity index (χ4n) is 4.36. The number of methoxy groups -OCH3 is 2. The van der Waals surface area contributed by atoms with Gasteiger partial charge in [-0.15, -0.1) is 0 Å². The number of aromatic nitrogens is 1. The summed E-state index contributed by atoms with van der Waals surface area (Å²) < 4.78 is 29.1. The number of allylic oxidation sites excluding steroid dienone is 1. The third-order valence-electron chi connectivity index (χ3n) is 6.20. The number of benzene rings is 2. The van der Waals surface area contributed by atoms with Crippen LogP contribution in [0.15, 0.2) is 70.1 Å². The number of hydrogen-bond donors (Lipinski definition) is 1. The molecule has 216 valence electrons. The predicted octanol–water partition coefficient (Wildman–Crippen LogP) is 3.10. The first-order valence-electron chi connectivity index (χ1n) is 12.9. The lowest BCUT2D eigenvalue weighted by Gasteiger charge is -2.25. The first-order chi connectivity index (χ1) is 19.8. The molecular weight excluding hydrogens is 548 g/mol. The Bertz CT molecular complexity index is 1650. The molecule has 0 bridgehead atoms. The van der Waals surface area contributed by atoms with Gasteiger partial charge in [-0.05, 0) is 55.3 Å². The minimum Gasteiger partial charge on any atom is -0.504 e. The van der Waals surface area contributed by atoms with E-state index in [1.165, 1.54) is 36.2 Å². The van der Waals surface area contributed by atoms with Crippen LogP contribution in [-0.2, 0) is 14.3 Å². The van der Waals surface area contributed by atoms with E-state index in [1.807, 2.05) is 6.92 Å². The number of hydrogen-bond acceptors (Lipinski definition) is 10. The Morgan fingerprint density at radius 2 is 1.93 bits per heavy atom. The molecule has 0 saturated heterocycles. The summed E-state index contributed by atoms with van der Waals surface area (Å²) in [4.78, 5) is 32.3. The van der Waals surface area contributed by atoms with Gasteiger partial charge >= 0.3 is 5.97 Å². The fraction of sp³-hybridized carbons (Fsp3) is 0.300. The number of rotatable bonds is 12. The molecule has 1 aliphatic heterocycles. The van der Waals surface area contributed by atoms with E-state index in [9.17, 15) is 14.7 Å². The first kappa shape index (κ1) is 29.6. The molecular formula is C30H32N2O8S. The molecule has 0 spiro atoms. The van der Waals surface area contributed by atoms with E-state index in [1.54, 1.807) is 49.4 Å². The van der Waals surface area contributed by atoms with Crippen LogP contribution in [0, 0.1) is 0 Å². The molecule has 2 heterocycles. The monoisotopic (exact) mass is 580 g/mol. The maximum atomic E-state index is 13.9. The highest BCUT2D eigenvalue weighted by Crippen LogP contribution is 2.36.